The molecule has 0 spiro atoms. The lowest BCUT2D eigenvalue weighted by Crippen LogP contribution is -2.17. The van der Waals surface area contributed by atoms with Gasteiger partial charge in [-0.3, -0.25) is 14.6 Å². The number of amides is 2. The maximum atomic E-state index is 12.6. The minimum absolute atomic E-state index is 0.189. The van der Waals surface area contributed by atoms with Gasteiger partial charge in [0.2, 0.25) is 0 Å². The lowest BCUT2D eigenvalue weighted by molar-refractivity contribution is 0.102. The number of hydrogen-bond donors (Lipinski definition) is 2. The van der Waals surface area contributed by atoms with E-state index < -0.39 is 0 Å². The number of aryl methyl sites for hydroxylation is 4. The Morgan fingerprint density at radius 3 is 2.14 bits per heavy atom. The molecular weight excluding hydrogens is 350 g/mol. The Morgan fingerprint density at radius 2 is 1.39 bits per heavy atom. The van der Waals surface area contributed by atoms with Crippen LogP contribution in [0.5, 0.6) is 0 Å². The summed E-state index contributed by atoms with van der Waals surface area (Å²) in [6.45, 7) is 7.84. The van der Waals surface area contributed by atoms with Crippen LogP contribution in [0.1, 0.15) is 43.1 Å². The number of carbonyl (C=O) groups excluding carboxylic acids is 2. The molecule has 0 fully saturated rings. The molecule has 3 aromatic rings. The molecule has 0 aliphatic heterocycles. The molecule has 142 valence electrons. The van der Waals surface area contributed by atoms with Crippen molar-refractivity contribution in [3.05, 3.63) is 88.2 Å². The lowest BCUT2D eigenvalue weighted by atomic mass is 10.1. The first-order valence-corrected chi connectivity index (χ1v) is 9.07. The summed E-state index contributed by atoms with van der Waals surface area (Å²) in [5, 5.41) is 5.75. The molecule has 0 aliphatic rings. The molecule has 0 unspecified atom stereocenters. The monoisotopic (exact) mass is 373 g/mol. The zero-order chi connectivity index (χ0) is 20.3. The van der Waals surface area contributed by atoms with Gasteiger partial charge in [0.05, 0.1) is 0 Å². The first-order chi connectivity index (χ1) is 13.3. The second-order valence-corrected chi connectivity index (χ2v) is 6.97. The minimum atomic E-state index is -0.353. The number of rotatable bonds is 4. The molecule has 0 bridgehead atoms. The van der Waals surface area contributed by atoms with Crippen LogP contribution in [-0.4, -0.2) is 16.8 Å². The van der Waals surface area contributed by atoms with Crippen molar-refractivity contribution in [1.29, 1.82) is 0 Å². The number of aromatic nitrogens is 1. The normalized spacial score (nSPS) is 10.4. The van der Waals surface area contributed by atoms with Crippen molar-refractivity contribution < 1.29 is 9.59 Å². The molecule has 0 saturated carbocycles. The van der Waals surface area contributed by atoms with E-state index in [0.29, 0.717) is 5.56 Å². The third-order valence-corrected chi connectivity index (χ3v) is 4.53. The molecule has 2 aromatic carbocycles. The molecule has 2 amide bonds. The summed E-state index contributed by atoms with van der Waals surface area (Å²) in [6.07, 6.45) is 1.47. The van der Waals surface area contributed by atoms with E-state index in [9.17, 15) is 9.59 Å². The number of carbonyl (C=O) groups is 2. The Bertz CT molecular complexity index is 1060. The maximum Gasteiger partial charge on any atom is 0.274 e. The van der Waals surface area contributed by atoms with Crippen LogP contribution in [0, 0.1) is 27.7 Å². The largest absolute Gasteiger partial charge is 0.322 e. The molecule has 2 N–H and O–H groups in total. The Kier molecular flexibility index (Phi) is 5.54. The van der Waals surface area contributed by atoms with E-state index in [1.54, 1.807) is 6.07 Å². The molecule has 1 aromatic heterocycles. The van der Waals surface area contributed by atoms with Crippen molar-refractivity contribution in [2.24, 2.45) is 0 Å². The fourth-order valence-electron chi connectivity index (χ4n) is 2.90. The lowest BCUT2D eigenvalue weighted by Gasteiger charge is -2.11. The summed E-state index contributed by atoms with van der Waals surface area (Å²) in [7, 11) is 0. The van der Waals surface area contributed by atoms with Gasteiger partial charge in [0, 0.05) is 23.1 Å². The predicted octanol–water partition coefficient (Wildman–Crippen LogP) is 4.82. The summed E-state index contributed by atoms with van der Waals surface area (Å²) in [4.78, 5) is 29.3. The summed E-state index contributed by atoms with van der Waals surface area (Å²) in [6, 6.07) is 14.8. The smallest absolute Gasteiger partial charge is 0.274 e. The summed E-state index contributed by atoms with van der Waals surface area (Å²) >= 11 is 0. The average molecular weight is 373 g/mol. The zero-order valence-electron chi connectivity index (χ0n) is 16.5. The number of nitrogens with one attached hydrogen (secondary N) is 2. The topological polar surface area (TPSA) is 71.1 Å². The van der Waals surface area contributed by atoms with E-state index in [4.69, 9.17) is 0 Å². The molecule has 0 radical (unpaired) electrons. The zero-order valence-corrected chi connectivity index (χ0v) is 16.5. The van der Waals surface area contributed by atoms with Crippen molar-refractivity contribution in [2.75, 3.05) is 10.6 Å². The van der Waals surface area contributed by atoms with E-state index in [1.807, 2.05) is 64.1 Å². The molecule has 1 heterocycles. The van der Waals surface area contributed by atoms with E-state index in [0.717, 1.165) is 33.6 Å². The van der Waals surface area contributed by atoms with Crippen LogP contribution in [0.25, 0.3) is 0 Å². The summed E-state index contributed by atoms with van der Waals surface area (Å²) < 4.78 is 0. The van der Waals surface area contributed by atoms with Gasteiger partial charge >= 0.3 is 0 Å². The van der Waals surface area contributed by atoms with Crippen LogP contribution >= 0.6 is 0 Å². The highest BCUT2D eigenvalue weighted by Crippen LogP contribution is 2.19. The average Bonchev–Trinajstić information content (AvgIpc) is 2.67. The van der Waals surface area contributed by atoms with Crippen molar-refractivity contribution >= 4 is 23.2 Å². The summed E-state index contributed by atoms with van der Waals surface area (Å²) in [5.74, 6) is -0.634. The highest BCUT2D eigenvalue weighted by Gasteiger charge is 2.14. The van der Waals surface area contributed by atoms with Crippen molar-refractivity contribution in [1.82, 2.24) is 4.98 Å². The number of pyridine rings is 1. The Balaban J connectivity index is 1.78. The van der Waals surface area contributed by atoms with Crippen LogP contribution < -0.4 is 10.6 Å². The highest BCUT2D eigenvalue weighted by atomic mass is 16.2. The molecule has 3 rings (SSSR count). The van der Waals surface area contributed by atoms with Gasteiger partial charge in [0.15, 0.2) is 0 Å². The van der Waals surface area contributed by atoms with Crippen molar-refractivity contribution in [3.8, 4) is 0 Å². The van der Waals surface area contributed by atoms with Gasteiger partial charge in [0.1, 0.15) is 5.69 Å². The van der Waals surface area contributed by atoms with E-state index in [1.165, 1.54) is 12.3 Å². The fourth-order valence-corrected chi connectivity index (χ4v) is 2.90. The van der Waals surface area contributed by atoms with Crippen LogP contribution in [0.2, 0.25) is 0 Å². The van der Waals surface area contributed by atoms with Gasteiger partial charge < -0.3 is 10.6 Å². The van der Waals surface area contributed by atoms with Gasteiger partial charge in [-0.15, -0.1) is 0 Å². The number of anilines is 2. The summed E-state index contributed by atoms with van der Waals surface area (Å²) in [5.41, 5.74) is 6.17. The van der Waals surface area contributed by atoms with Crippen molar-refractivity contribution in [2.45, 2.75) is 27.7 Å². The second kappa shape index (κ2) is 8.05. The van der Waals surface area contributed by atoms with Gasteiger partial charge in [-0.25, -0.2) is 0 Å². The minimum Gasteiger partial charge on any atom is -0.322 e. The molecular formula is C23H23N3O2. The third kappa shape index (κ3) is 4.43. The SMILES string of the molecule is Cc1ccc(NC(=O)c2cc(C(=O)Nc3cc(C)ccc3C)ccn2)c(C)c1. The Hall–Kier alpha value is -3.47. The van der Waals surface area contributed by atoms with Gasteiger partial charge in [-0.1, -0.05) is 29.8 Å². The first-order valence-electron chi connectivity index (χ1n) is 9.07. The van der Waals surface area contributed by atoms with Crippen LogP contribution in [0.3, 0.4) is 0 Å². The van der Waals surface area contributed by atoms with Crippen LogP contribution in [0.4, 0.5) is 11.4 Å². The molecule has 0 saturated heterocycles. The standard InChI is InChI=1S/C23H23N3O2/c1-14-6-8-19(17(4)11-14)25-23(28)21-13-18(9-10-24-21)22(27)26-20-12-15(2)5-7-16(20)3/h5-13H,1-4H3,(H,25,28)(H,26,27). The maximum absolute atomic E-state index is 12.6. The third-order valence-electron chi connectivity index (χ3n) is 4.53. The number of nitrogens with zero attached hydrogens (tertiary/aromatic N) is 1. The quantitative estimate of drug-likeness (QED) is 0.689. The van der Waals surface area contributed by atoms with Gasteiger partial charge in [-0.2, -0.15) is 0 Å². The predicted molar refractivity (Wildman–Crippen MR) is 112 cm³/mol. The van der Waals surface area contributed by atoms with Crippen molar-refractivity contribution in [3.63, 3.8) is 0 Å². The van der Waals surface area contributed by atoms with E-state index in [-0.39, 0.29) is 17.5 Å². The first kappa shape index (κ1) is 19.3. The van der Waals surface area contributed by atoms with Crippen LogP contribution in [-0.2, 0) is 0 Å². The fraction of sp³-hybridized carbons (Fsp3) is 0.174. The van der Waals surface area contributed by atoms with E-state index >= 15 is 0 Å². The second-order valence-electron chi connectivity index (χ2n) is 6.97. The molecule has 5 heteroatoms. The molecule has 5 nitrogen and oxygen atoms in total. The van der Waals surface area contributed by atoms with Gasteiger partial charge in [-0.05, 0) is 68.7 Å². The van der Waals surface area contributed by atoms with Gasteiger partial charge in [0.25, 0.3) is 11.8 Å². The molecule has 0 aliphatic carbocycles. The van der Waals surface area contributed by atoms with Crippen LogP contribution in [0.15, 0.2) is 54.7 Å². The number of hydrogen-bond acceptors (Lipinski definition) is 3. The molecule has 0 atom stereocenters. The van der Waals surface area contributed by atoms with E-state index in [2.05, 4.69) is 15.6 Å². The Labute approximate surface area is 164 Å². The Morgan fingerprint density at radius 1 is 0.714 bits per heavy atom. The molecule has 28 heavy (non-hydrogen) atoms. The highest BCUT2D eigenvalue weighted by molar-refractivity contribution is 6.08. The number of benzene rings is 2.